The highest BCUT2D eigenvalue weighted by atomic mass is 16.3. The molecule has 2 atom stereocenters. The molecule has 2 rings (SSSR count). The number of aliphatic hydroxyl groups is 1. The summed E-state index contributed by atoms with van der Waals surface area (Å²) >= 11 is 0. The molecule has 4 heteroatoms. The quantitative estimate of drug-likeness (QED) is 0.870. The van der Waals surface area contributed by atoms with Crippen LogP contribution in [0.25, 0.3) is 0 Å². The first-order valence-electron chi connectivity index (χ1n) is 8.11. The van der Waals surface area contributed by atoms with Gasteiger partial charge in [0.05, 0.1) is 17.5 Å². The molecule has 1 aliphatic rings. The average molecular weight is 279 g/mol. The summed E-state index contributed by atoms with van der Waals surface area (Å²) < 4.78 is 2.13. The lowest BCUT2D eigenvalue weighted by Crippen LogP contribution is -2.41. The molecule has 0 bridgehead atoms. The number of aliphatic hydroxyl groups excluding tert-OH is 1. The van der Waals surface area contributed by atoms with Crippen LogP contribution in [0.1, 0.15) is 57.8 Å². The van der Waals surface area contributed by atoms with Gasteiger partial charge < -0.3 is 5.11 Å². The molecular formula is C16H29N3O. The van der Waals surface area contributed by atoms with Crippen LogP contribution in [0.15, 0.2) is 6.07 Å². The molecule has 1 saturated heterocycles. The van der Waals surface area contributed by atoms with Gasteiger partial charge in [0.15, 0.2) is 0 Å². The van der Waals surface area contributed by atoms with E-state index in [1.54, 1.807) is 0 Å². The monoisotopic (exact) mass is 279 g/mol. The normalized spacial score (nSPS) is 22.1. The number of aryl methyl sites for hydroxylation is 2. The molecule has 0 radical (unpaired) electrons. The average Bonchev–Trinajstić information content (AvgIpc) is 2.82. The van der Waals surface area contributed by atoms with Gasteiger partial charge in [0.1, 0.15) is 0 Å². The first kappa shape index (κ1) is 15.5. The molecule has 0 aromatic carbocycles. The summed E-state index contributed by atoms with van der Waals surface area (Å²) in [6.07, 6.45) is 5.46. The zero-order chi connectivity index (χ0) is 14.5. The van der Waals surface area contributed by atoms with Gasteiger partial charge in [-0.15, -0.1) is 0 Å². The van der Waals surface area contributed by atoms with Crippen molar-refractivity contribution >= 4 is 0 Å². The van der Waals surface area contributed by atoms with Crippen molar-refractivity contribution in [2.75, 3.05) is 6.54 Å². The van der Waals surface area contributed by atoms with Crippen molar-refractivity contribution < 1.29 is 5.11 Å². The van der Waals surface area contributed by atoms with Crippen molar-refractivity contribution in [3.05, 3.63) is 17.5 Å². The van der Waals surface area contributed by atoms with Gasteiger partial charge in [-0.1, -0.05) is 13.3 Å². The van der Waals surface area contributed by atoms with Crippen LogP contribution in [0.5, 0.6) is 0 Å². The Morgan fingerprint density at radius 3 is 2.85 bits per heavy atom. The van der Waals surface area contributed by atoms with Crippen LogP contribution in [0.3, 0.4) is 0 Å². The Morgan fingerprint density at radius 1 is 1.40 bits per heavy atom. The van der Waals surface area contributed by atoms with E-state index in [9.17, 15) is 5.11 Å². The minimum absolute atomic E-state index is 0.206. The second-order valence-corrected chi connectivity index (χ2v) is 6.00. The van der Waals surface area contributed by atoms with Crippen LogP contribution in [0.4, 0.5) is 0 Å². The maximum Gasteiger partial charge on any atom is 0.0625 e. The Morgan fingerprint density at radius 2 is 2.20 bits per heavy atom. The summed E-state index contributed by atoms with van der Waals surface area (Å²) in [5.74, 6) is 0. The molecule has 1 aromatic rings. The van der Waals surface area contributed by atoms with Gasteiger partial charge in [-0.2, -0.15) is 5.10 Å². The Hall–Kier alpha value is -0.870. The summed E-state index contributed by atoms with van der Waals surface area (Å²) in [4.78, 5) is 2.54. The zero-order valence-electron chi connectivity index (χ0n) is 13.2. The first-order chi connectivity index (χ1) is 9.63. The number of hydrogen-bond donors (Lipinski definition) is 1. The standard InChI is InChI=1S/C16H29N3O/c1-4-14-11-16(19(5-2)17-14)12-18-9-7-6-8-15(18)10-13(3)20/h11,13,15,20H,4-10,12H2,1-3H3. The fourth-order valence-electron chi connectivity index (χ4n) is 3.23. The highest BCUT2D eigenvalue weighted by Crippen LogP contribution is 2.23. The second kappa shape index (κ2) is 7.23. The number of aromatic nitrogens is 2. The predicted molar refractivity (Wildman–Crippen MR) is 81.6 cm³/mol. The third-order valence-corrected chi connectivity index (χ3v) is 4.30. The van der Waals surface area contributed by atoms with Crippen molar-refractivity contribution in [1.82, 2.24) is 14.7 Å². The molecule has 2 heterocycles. The molecule has 0 amide bonds. The van der Waals surface area contributed by atoms with E-state index in [0.29, 0.717) is 6.04 Å². The molecule has 4 nitrogen and oxygen atoms in total. The number of likely N-dealkylation sites (tertiary alicyclic amines) is 1. The molecule has 1 fully saturated rings. The van der Waals surface area contributed by atoms with E-state index in [0.717, 1.165) is 32.5 Å². The molecule has 0 spiro atoms. The topological polar surface area (TPSA) is 41.3 Å². The first-order valence-corrected chi connectivity index (χ1v) is 8.11. The molecular weight excluding hydrogens is 250 g/mol. The van der Waals surface area contributed by atoms with E-state index in [1.807, 2.05) is 6.92 Å². The summed E-state index contributed by atoms with van der Waals surface area (Å²) in [6.45, 7) is 9.26. The van der Waals surface area contributed by atoms with E-state index in [1.165, 1.54) is 30.7 Å². The summed E-state index contributed by atoms with van der Waals surface area (Å²) in [7, 11) is 0. The van der Waals surface area contributed by atoms with Gasteiger partial charge in [0.25, 0.3) is 0 Å². The molecule has 0 saturated carbocycles. The van der Waals surface area contributed by atoms with Gasteiger partial charge >= 0.3 is 0 Å². The minimum atomic E-state index is -0.206. The van der Waals surface area contributed by atoms with Gasteiger partial charge in [0, 0.05) is 19.1 Å². The van der Waals surface area contributed by atoms with Crippen molar-refractivity contribution in [2.24, 2.45) is 0 Å². The Labute approximate surface area is 122 Å². The van der Waals surface area contributed by atoms with Crippen LogP contribution in [-0.2, 0) is 19.5 Å². The lowest BCUT2D eigenvalue weighted by Gasteiger charge is -2.36. The molecule has 20 heavy (non-hydrogen) atoms. The molecule has 0 aliphatic carbocycles. The smallest absolute Gasteiger partial charge is 0.0625 e. The van der Waals surface area contributed by atoms with Crippen molar-refractivity contribution in [1.29, 1.82) is 0 Å². The maximum atomic E-state index is 9.69. The second-order valence-electron chi connectivity index (χ2n) is 6.00. The summed E-state index contributed by atoms with van der Waals surface area (Å²) in [5, 5.41) is 14.3. The highest BCUT2D eigenvalue weighted by molar-refractivity contribution is 5.11. The van der Waals surface area contributed by atoms with E-state index in [-0.39, 0.29) is 6.10 Å². The van der Waals surface area contributed by atoms with Gasteiger partial charge in [-0.3, -0.25) is 9.58 Å². The largest absolute Gasteiger partial charge is 0.393 e. The molecule has 114 valence electrons. The van der Waals surface area contributed by atoms with Crippen LogP contribution >= 0.6 is 0 Å². The number of piperidine rings is 1. The number of hydrogen-bond acceptors (Lipinski definition) is 3. The Kier molecular flexibility index (Phi) is 5.61. The maximum absolute atomic E-state index is 9.69. The minimum Gasteiger partial charge on any atom is -0.393 e. The molecule has 1 aromatic heterocycles. The fourth-order valence-corrected chi connectivity index (χ4v) is 3.23. The van der Waals surface area contributed by atoms with E-state index in [2.05, 4.69) is 34.6 Å². The summed E-state index contributed by atoms with van der Waals surface area (Å²) in [6, 6.07) is 2.77. The third-order valence-electron chi connectivity index (χ3n) is 4.30. The van der Waals surface area contributed by atoms with Gasteiger partial charge in [0.2, 0.25) is 0 Å². The van der Waals surface area contributed by atoms with Crippen molar-refractivity contribution in [2.45, 2.75) is 78.1 Å². The lowest BCUT2D eigenvalue weighted by molar-refractivity contribution is 0.0799. The fraction of sp³-hybridized carbons (Fsp3) is 0.812. The highest BCUT2D eigenvalue weighted by Gasteiger charge is 2.24. The van der Waals surface area contributed by atoms with Crippen LogP contribution < -0.4 is 0 Å². The zero-order valence-corrected chi connectivity index (χ0v) is 13.2. The lowest BCUT2D eigenvalue weighted by atomic mass is 9.97. The van der Waals surface area contributed by atoms with E-state index < -0.39 is 0 Å². The third kappa shape index (κ3) is 3.83. The van der Waals surface area contributed by atoms with Gasteiger partial charge in [-0.25, -0.2) is 0 Å². The van der Waals surface area contributed by atoms with Crippen LogP contribution in [-0.4, -0.2) is 38.5 Å². The Bertz CT molecular complexity index is 414. The predicted octanol–water partition coefficient (Wildman–Crippen LogP) is 2.59. The Balaban J connectivity index is 2.07. The van der Waals surface area contributed by atoms with Crippen LogP contribution in [0, 0.1) is 0 Å². The SMILES string of the molecule is CCc1cc(CN2CCCCC2CC(C)O)n(CC)n1. The van der Waals surface area contributed by atoms with E-state index >= 15 is 0 Å². The van der Waals surface area contributed by atoms with Crippen molar-refractivity contribution in [3.8, 4) is 0 Å². The summed E-state index contributed by atoms with van der Waals surface area (Å²) in [5.41, 5.74) is 2.51. The molecule has 1 N–H and O–H groups in total. The van der Waals surface area contributed by atoms with Crippen molar-refractivity contribution in [3.63, 3.8) is 0 Å². The van der Waals surface area contributed by atoms with Crippen LogP contribution in [0.2, 0.25) is 0 Å². The van der Waals surface area contributed by atoms with E-state index in [4.69, 9.17) is 0 Å². The number of rotatable bonds is 6. The van der Waals surface area contributed by atoms with Gasteiger partial charge in [-0.05, 0) is 52.1 Å². The molecule has 1 aliphatic heterocycles. The number of nitrogens with zero attached hydrogens (tertiary/aromatic N) is 3. The molecule has 2 unspecified atom stereocenters.